The van der Waals surface area contributed by atoms with Crippen LogP contribution in [0, 0.1) is 0 Å². The molecule has 0 N–H and O–H groups in total. The summed E-state index contributed by atoms with van der Waals surface area (Å²) in [6.07, 6.45) is 13.7. The lowest BCUT2D eigenvalue weighted by atomic mass is 9.94. The molecule has 25 heavy (non-hydrogen) atoms. The maximum absolute atomic E-state index is 6.34. The van der Waals surface area contributed by atoms with Gasteiger partial charge in [-0.25, -0.2) is 0 Å². The quantitative estimate of drug-likeness (QED) is 0.628. The van der Waals surface area contributed by atoms with Crippen LogP contribution in [-0.4, -0.2) is 43.0 Å². The van der Waals surface area contributed by atoms with Crippen molar-refractivity contribution in [3.05, 3.63) is 42.0 Å². The molecule has 3 heteroatoms. The van der Waals surface area contributed by atoms with Crippen molar-refractivity contribution < 1.29 is 9.47 Å². The van der Waals surface area contributed by atoms with E-state index in [1.54, 1.807) is 0 Å². The van der Waals surface area contributed by atoms with Crippen molar-refractivity contribution >= 4 is 6.08 Å². The third-order valence-electron chi connectivity index (χ3n) is 5.32. The molecule has 1 aliphatic heterocycles. The van der Waals surface area contributed by atoms with E-state index in [0.29, 0.717) is 6.04 Å². The number of rotatable bonds is 8. The van der Waals surface area contributed by atoms with Gasteiger partial charge in [0.1, 0.15) is 6.23 Å². The summed E-state index contributed by atoms with van der Waals surface area (Å²) in [5, 5.41) is 0. The highest BCUT2D eigenvalue weighted by molar-refractivity contribution is 5.49. The van der Waals surface area contributed by atoms with Crippen molar-refractivity contribution in [1.29, 1.82) is 0 Å². The van der Waals surface area contributed by atoms with Gasteiger partial charge in [0, 0.05) is 19.2 Å². The molecule has 3 nitrogen and oxygen atoms in total. The Hall–Kier alpha value is -1.16. The summed E-state index contributed by atoms with van der Waals surface area (Å²) in [7, 11) is 0. The molecule has 0 radical (unpaired) electrons. The van der Waals surface area contributed by atoms with Crippen molar-refractivity contribution in [3.63, 3.8) is 0 Å². The van der Waals surface area contributed by atoms with Gasteiger partial charge in [0.2, 0.25) is 0 Å². The van der Waals surface area contributed by atoms with Gasteiger partial charge in [-0.05, 0) is 30.9 Å². The zero-order valence-corrected chi connectivity index (χ0v) is 15.6. The van der Waals surface area contributed by atoms with Gasteiger partial charge >= 0.3 is 0 Å². The van der Waals surface area contributed by atoms with Crippen LogP contribution in [0.15, 0.2) is 36.4 Å². The van der Waals surface area contributed by atoms with Gasteiger partial charge in [0.15, 0.2) is 0 Å². The summed E-state index contributed by atoms with van der Waals surface area (Å²) < 4.78 is 12.2. The van der Waals surface area contributed by atoms with Crippen LogP contribution in [-0.2, 0) is 9.47 Å². The molecule has 0 spiro atoms. The fourth-order valence-corrected chi connectivity index (χ4v) is 3.89. The predicted octanol–water partition coefficient (Wildman–Crippen LogP) is 4.88. The maximum Gasteiger partial charge on any atom is 0.131 e. The van der Waals surface area contributed by atoms with E-state index >= 15 is 0 Å². The average molecular weight is 344 g/mol. The molecule has 1 aromatic rings. The number of ether oxygens (including phenoxy) is 2. The summed E-state index contributed by atoms with van der Waals surface area (Å²) in [5.41, 5.74) is 1.23. The summed E-state index contributed by atoms with van der Waals surface area (Å²) in [6, 6.07) is 11.2. The summed E-state index contributed by atoms with van der Waals surface area (Å²) in [4.78, 5) is 2.58. The molecule has 2 aliphatic rings. The second-order valence-electron chi connectivity index (χ2n) is 7.34. The van der Waals surface area contributed by atoms with E-state index < -0.39 is 0 Å². The van der Waals surface area contributed by atoms with Crippen LogP contribution in [0.1, 0.15) is 57.4 Å². The van der Waals surface area contributed by atoms with Crippen molar-refractivity contribution in [3.8, 4) is 0 Å². The molecule has 1 aliphatic carbocycles. The molecule has 138 valence electrons. The zero-order chi connectivity index (χ0) is 17.3. The number of hydrogen-bond acceptors (Lipinski definition) is 3. The number of benzene rings is 1. The van der Waals surface area contributed by atoms with Crippen molar-refractivity contribution in [1.82, 2.24) is 4.90 Å². The van der Waals surface area contributed by atoms with Crippen LogP contribution in [0.2, 0.25) is 0 Å². The minimum absolute atomic E-state index is 0.0862. The first-order chi connectivity index (χ1) is 12.4. The first kappa shape index (κ1) is 18.6. The minimum atomic E-state index is 0.0862. The van der Waals surface area contributed by atoms with E-state index in [9.17, 15) is 0 Å². The number of unbranched alkanes of at least 4 members (excludes halogenated alkanes) is 1. The predicted molar refractivity (Wildman–Crippen MR) is 103 cm³/mol. The van der Waals surface area contributed by atoms with Crippen LogP contribution < -0.4 is 0 Å². The van der Waals surface area contributed by atoms with Gasteiger partial charge in [-0.3, -0.25) is 4.90 Å². The standard InChI is InChI=1S/C22H33NO2/c1-2-3-16-24-18-21-17-23(20-12-8-5-9-13-20)22(25-21)15-14-19-10-6-4-7-11-19/h4,6-7,10-11,14-15,20-22H,2-3,5,8-9,12-13,16-18H2,1H3/b15-14+. The van der Waals surface area contributed by atoms with Crippen molar-refractivity contribution in [2.45, 2.75) is 70.2 Å². The summed E-state index contributed by atoms with van der Waals surface area (Å²) >= 11 is 0. The molecule has 2 fully saturated rings. The fourth-order valence-electron chi connectivity index (χ4n) is 3.89. The molecular formula is C22H33NO2. The van der Waals surface area contributed by atoms with E-state index in [1.165, 1.54) is 44.1 Å². The molecule has 0 aromatic heterocycles. The normalized spacial score (nSPS) is 25.8. The molecule has 3 rings (SSSR count). The molecule has 1 saturated carbocycles. The Morgan fingerprint density at radius 1 is 1.16 bits per heavy atom. The number of nitrogens with zero attached hydrogens (tertiary/aromatic N) is 1. The van der Waals surface area contributed by atoms with Crippen LogP contribution >= 0.6 is 0 Å². The van der Waals surface area contributed by atoms with Gasteiger partial charge < -0.3 is 9.47 Å². The van der Waals surface area contributed by atoms with Gasteiger partial charge in [-0.2, -0.15) is 0 Å². The van der Waals surface area contributed by atoms with E-state index in [-0.39, 0.29) is 12.3 Å². The largest absolute Gasteiger partial charge is 0.379 e. The highest BCUT2D eigenvalue weighted by Crippen LogP contribution is 2.29. The molecule has 0 amide bonds. The smallest absolute Gasteiger partial charge is 0.131 e. The molecular weight excluding hydrogens is 310 g/mol. The highest BCUT2D eigenvalue weighted by Gasteiger charge is 2.36. The van der Waals surface area contributed by atoms with Gasteiger partial charge in [-0.1, -0.05) is 69.0 Å². The Morgan fingerprint density at radius 2 is 1.96 bits per heavy atom. The van der Waals surface area contributed by atoms with Crippen LogP contribution in [0.3, 0.4) is 0 Å². The second kappa shape index (κ2) is 10.1. The van der Waals surface area contributed by atoms with Gasteiger partial charge in [0.05, 0.1) is 12.7 Å². The monoisotopic (exact) mass is 343 g/mol. The third kappa shape index (κ3) is 5.67. The second-order valence-corrected chi connectivity index (χ2v) is 7.34. The van der Waals surface area contributed by atoms with E-state index in [1.807, 2.05) is 0 Å². The lowest BCUT2D eigenvalue weighted by Crippen LogP contribution is -2.40. The first-order valence-corrected chi connectivity index (χ1v) is 10.1. The molecule has 1 saturated heterocycles. The molecule has 1 heterocycles. The lowest BCUT2D eigenvalue weighted by molar-refractivity contribution is -0.0199. The van der Waals surface area contributed by atoms with E-state index in [2.05, 4.69) is 54.3 Å². The third-order valence-corrected chi connectivity index (χ3v) is 5.32. The van der Waals surface area contributed by atoms with Crippen LogP contribution in [0.5, 0.6) is 0 Å². The summed E-state index contributed by atoms with van der Waals surface area (Å²) in [5.74, 6) is 0. The average Bonchev–Trinajstić information content (AvgIpc) is 3.08. The van der Waals surface area contributed by atoms with Crippen molar-refractivity contribution in [2.75, 3.05) is 19.8 Å². The topological polar surface area (TPSA) is 21.7 Å². The van der Waals surface area contributed by atoms with Crippen molar-refractivity contribution in [2.24, 2.45) is 0 Å². The Kier molecular flexibility index (Phi) is 7.53. The Labute approximate surface area is 153 Å². The highest BCUT2D eigenvalue weighted by atomic mass is 16.6. The van der Waals surface area contributed by atoms with Gasteiger partial charge in [-0.15, -0.1) is 0 Å². The van der Waals surface area contributed by atoms with Crippen LogP contribution in [0.25, 0.3) is 6.08 Å². The SMILES string of the molecule is CCCCOCC1CN(C2CCCCC2)C(/C=C/c2ccccc2)O1. The number of hydrogen-bond donors (Lipinski definition) is 0. The van der Waals surface area contributed by atoms with E-state index in [0.717, 1.165) is 26.2 Å². The lowest BCUT2D eigenvalue weighted by Gasteiger charge is -2.33. The Bertz CT molecular complexity index is 510. The Morgan fingerprint density at radius 3 is 2.72 bits per heavy atom. The first-order valence-electron chi connectivity index (χ1n) is 10.1. The van der Waals surface area contributed by atoms with Crippen LogP contribution in [0.4, 0.5) is 0 Å². The summed E-state index contributed by atoms with van der Waals surface area (Å²) in [6.45, 7) is 4.77. The maximum atomic E-state index is 6.34. The van der Waals surface area contributed by atoms with Gasteiger partial charge in [0.25, 0.3) is 0 Å². The zero-order valence-electron chi connectivity index (χ0n) is 15.6. The molecule has 2 atom stereocenters. The fraction of sp³-hybridized carbons (Fsp3) is 0.636. The molecule has 2 unspecified atom stereocenters. The molecule has 1 aromatic carbocycles. The molecule has 0 bridgehead atoms. The Balaban J connectivity index is 1.60. The minimum Gasteiger partial charge on any atom is -0.379 e. The van der Waals surface area contributed by atoms with E-state index in [4.69, 9.17) is 9.47 Å².